The van der Waals surface area contributed by atoms with Gasteiger partial charge in [0.25, 0.3) is 5.91 Å². The number of para-hydroxylation sites is 1. The van der Waals surface area contributed by atoms with Crippen molar-refractivity contribution in [2.45, 2.75) is 0 Å². The van der Waals surface area contributed by atoms with E-state index in [1.54, 1.807) is 42.5 Å². The quantitative estimate of drug-likeness (QED) is 0.372. The van der Waals surface area contributed by atoms with Crippen LogP contribution in [-0.4, -0.2) is 36.8 Å². The summed E-state index contributed by atoms with van der Waals surface area (Å²) >= 11 is 5.29. The number of esters is 1. The molecule has 1 aliphatic rings. The van der Waals surface area contributed by atoms with Crippen molar-refractivity contribution in [1.29, 1.82) is 0 Å². The Labute approximate surface area is 195 Å². The van der Waals surface area contributed by atoms with Gasteiger partial charge in [-0.15, -0.1) is 0 Å². The summed E-state index contributed by atoms with van der Waals surface area (Å²) in [6.07, 6.45) is 0. The van der Waals surface area contributed by atoms with Crippen molar-refractivity contribution in [3.05, 3.63) is 78.4 Å². The first-order valence-corrected chi connectivity index (χ1v) is 10.6. The zero-order chi connectivity index (χ0) is 23.0. The van der Waals surface area contributed by atoms with Gasteiger partial charge >= 0.3 is 5.97 Å². The van der Waals surface area contributed by atoms with Gasteiger partial charge < -0.3 is 30.2 Å². The van der Waals surface area contributed by atoms with Crippen molar-refractivity contribution in [2.75, 3.05) is 35.8 Å². The maximum Gasteiger partial charge on any atom is 0.338 e. The molecule has 0 saturated carbocycles. The summed E-state index contributed by atoms with van der Waals surface area (Å²) in [5.74, 6) is 0.114. The summed E-state index contributed by atoms with van der Waals surface area (Å²) in [6.45, 7) is 0.521. The van der Waals surface area contributed by atoms with E-state index in [1.807, 2.05) is 30.3 Å². The zero-order valence-electron chi connectivity index (χ0n) is 17.5. The van der Waals surface area contributed by atoms with Crippen molar-refractivity contribution in [3.8, 4) is 11.5 Å². The molecule has 0 fully saturated rings. The maximum atomic E-state index is 12.3. The molecule has 0 aliphatic carbocycles. The number of fused-ring (bicyclic) bond motifs is 1. The molecule has 0 radical (unpaired) electrons. The van der Waals surface area contributed by atoms with Crippen LogP contribution in [0.25, 0.3) is 0 Å². The zero-order valence-corrected chi connectivity index (χ0v) is 18.3. The topological polar surface area (TPSA) is 97.9 Å². The Morgan fingerprint density at radius 3 is 2.15 bits per heavy atom. The monoisotopic (exact) mass is 463 g/mol. The molecule has 9 heteroatoms. The molecular formula is C24H21N3O5S. The van der Waals surface area contributed by atoms with E-state index in [0.29, 0.717) is 46.8 Å². The lowest BCUT2D eigenvalue weighted by atomic mass is 10.2. The van der Waals surface area contributed by atoms with Crippen LogP contribution in [0.15, 0.2) is 72.8 Å². The molecule has 3 N–H and O–H groups in total. The Bertz CT molecular complexity index is 1150. The highest BCUT2D eigenvalue weighted by Crippen LogP contribution is 2.32. The number of carbonyl (C=O) groups excluding carboxylic acids is 2. The Kier molecular flexibility index (Phi) is 7.01. The first-order chi connectivity index (χ1) is 16.1. The predicted molar refractivity (Wildman–Crippen MR) is 129 cm³/mol. The van der Waals surface area contributed by atoms with Crippen LogP contribution in [0.1, 0.15) is 10.4 Å². The van der Waals surface area contributed by atoms with Gasteiger partial charge in [0, 0.05) is 23.1 Å². The van der Waals surface area contributed by atoms with Crippen LogP contribution in [0.3, 0.4) is 0 Å². The molecule has 33 heavy (non-hydrogen) atoms. The van der Waals surface area contributed by atoms with E-state index in [1.165, 1.54) is 0 Å². The fraction of sp³-hybridized carbons (Fsp3) is 0.125. The third-order valence-electron chi connectivity index (χ3n) is 4.57. The number of rotatable bonds is 6. The van der Waals surface area contributed by atoms with Crippen LogP contribution in [0.5, 0.6) is 11.5 Å². The highest BCUT2D eigenvalue weighted by Gasteiger charge is 2.14. The Morgan fingerprint density at radius 1 is 0.788 bits per heavy atom. The van der Waals surface area contributed by atoms with E-state index in [-0.39, 0.29) is 0 Å². The molecule has 4 rings (SSSR count). The SMILES string of the molecule is O=C(COC(=O)c1ccc(NC(=S)Nc2ccccc2)cc1)Nc1ccc2c(c1)OCCO2. The van der Waals surface area contributed by atoms with Gasteiger partial charge in [-0.25, -0.2) is 4.79 Å². The van der Waals surface area contributed by atoms with Crippen LogP contribution in [0.2, 0.25) is 0 Å². The number of ether oxygens (including phenoxy) is 3. The molecule has 0 unspecified atom stereocenters. The normalized spacial score (nSPS) is 11.8. The third-order valence-corrected chi connectivity index (χ3v) is 4.77. The van der Waals surface area contributed by atoms with Crippen molar-refractivity contribution in [1.82, 2.24) is 0 Å². The summed E-state index contributed by atoms with van der Waals surface area (Å²) in [5.41, 5.74) is 2.41. The molecule has 0 saturated heterocycles. The number of amides is 1. The molecule has 8 nitrogen and oxygen atoms in total. The second kappa shape index (κ2) is 10.5. The van der Waals surface area contributed by atoms with Crippen LogP contribution in [-0.2, 0) is 9.53 Å². The molecule has 1 heterocycles. The molecule has 3 aromatic carbocycles. The number of carbonyl (C=O) groups is 2. The maximum absolute atomic E-state index is 12.3. The average molecular weight is 464 g/mol. The molecule has 0 atom stereocenters. The Hall–Kier alpha value is -4.11. The van der Waals surface area contributed by atoms with Gasteiger partial charge in [-0.1, -0.05) is 18.2 Å². The summed E-state index contributed by atoms with van der Waals surface area (Å²) in [7, 11) is 0. The largest absolute Gasteiger partial charge is 0.486 e. The second-order valence-electron chi connectivity index (χ2n) is 7.01. The average Bonchev–Trinajstić information content (AvgIpc) is 2.83. The van der Waals surface area contributed by atoms with Gasteiger partial charge in [0.2, 0.25) is 0 Å². The first-order valence-electron chi connectivity index (χ1n) is 10.2. The van der Waals surface area contributed by atoms with E-state index in [9.17, 15) is 9.59 Å². The second-order valence-corrected chi connectivity index (χ2v) is 7.41. The van der Waals surface area contributed by atoms with Gasteiger partial charge in [-0.05, 0) is 60.7 Å². The van der Waals surface area contributed by atoms with Crippen molar-refractivity contribution < 1.29 is 23.8 Å². The molecule has 0 aromatic heterocycles. The van der Waals surface area contributed by atoms with Gasteiger partial charge in [-0.2, -0.15) is 0 Å². The Balaban J connectivity index is 1.24. The highest BCUT2D eigenvalue weighted by molar-refractivity contribution is 7.80. The molecule has 0 spiro atoms. The summed E-state index contributed by atoms with van der Waals surface area (Å²) in [5, 5.41) is 9.20. The van der Waals surface area contributed by atoms with Gasteiger partial charge in [0.05, 0.1) is 5.56 Å². The smallest absolute Gasteiger partial charge is 0.338 e. The number of benzene rings is 3. The number of hydrogen-bond donors (Lipinski definition) is 3. The molecule has 0 bridgehead atoms. The molecule has 1 amide bonds. The molecular weight excluding hydrogens is 442 g/mol. The van der Waals surface area contributed by atoms with E-state index in [0.717, 1.165) is 5.69 Å². The lowest BCUT2D eigenvalue weighted by molar-refractivity contribution is -0.119. The number of thiocarbonyl (C=S) groups is 1. The predicted octanol–water partition coefficient (Wildman–Crippen LogP) is 4.06. The molecule has 3 aromatic rings. The number of nitrogens with one attached hydrogen (secondary N) is 3. The first kappa shape index (κ1) is 22.1. The van der Waals surface area contributed by atoms with Gasteiger partial charge in [-0.3, -0.25) is 4.79 Å². The van der Waals surface area contributed by atoms with Gasteiger partial charge in [0.15, 0.2) is 23.2 Å². The fourth-order valence-electron chi connectivity index (χ4n) is 3.04. The molecule has 168 valence electrons. The van der Waals surface area contributed by atoms with Crippen LogP contribution in [0.4, 0.5) is 17.1 Å². The Morgan fingerprint density at radius 2 is 1.42 bits per heavy atom. The number of hydrogen-bond acceptors (Lipinski definition) is 6. The fourth-order valence-corrected chi connectivity index (χ4v) is 3.27. The van der Waals surface area contributed by atoms with E-state index < -0.39 is 18.5 Å². The minimum Gasteiger partial charge on any atom is -0.486 e. The van der Waals surface area contributed by atoms with Crippen molar-refractivity contribution in [3.63, 3.8) is 0 Å². The van der Waals surface area contributed by atoms with Gasteiger partial charge in [0.1, 0.15) is 13.2 Å². The highest BCUT2D eigenvalue weighted by atomic mass is 32.1. The lowest BCUT2D eigenvalue weighted by Crippen LogP contribution is -2.21. The minimum atomic E-state index is -0.608. The van der Waals surface area contributed by atoms with Crippen molar-refractivity contribution >= 4 is 46.3 Å². The standard InChI is InChI=1S/C24H21N3O5S/c28-22(25-19-10-11-20-21(14-19)31-13-12-30-20)15-32-23(29)16-6-8-18(9-7-16)27-24(33)26-17-4-2-1-3-5-17/h1-11,14H,12-13,15H2,(H,25,28)(H2,26,27,33). The molecule has 1 aliphatic heterocycles. The summed E-state index contributed by atoms with van der Waals surface area (Å²) < 4.78 is 16.0. The van der Waals surface area contributed by atoms with Crippen LogP contribution in [0, 0.1) is 0 Å². The van der Waals surface area contributed by atoms with Crippen molar-refractivity contribution in [2.24, 2.45) is 0 Å². The number of anilines is 3. The minimum absolute atomic E-state index is 0.314. The van der Waals surface area contributed by atoms with E-state index in [2.05, 4.69) is 16.0 Å². The van der Waals surface area contributed by atoms with Crippen LogP contribution >= 0.6 is 12.2 Å². The third kappa shape index (κ3) is 6.20. The van der Waals surface area contributed by atoms with E-state index >= 15 is 0 Å². The summed E-state index contributed by atoms with van der Waals surface area (Å²) in [6, 6.07) is 21.2. The lowest BCUT2D eigenvalue weighted by Gasteiger charge is -2.19. The summed E-state index contributed by atoms with van der Waals surface area (Å²) in [4.78, 5) is 24.4. The van der Waals surface area contributed by atoms with E-state index in [4.69, 9.17) is 26.4 Å². The van der Waals surface area contributed by atoms with Crippen LogP contribution < -0.4 is 25.4 Å².